The predicted octanol–water partition coefficient (Wildman–Crippen LogP) is 2.71. The van der Waals surface area contributed by atoms with Crippen LogP contribution >= 0.6 is 0 Å². The number of hydrogen-bond donors (Lipinski definition) is 1. The number of anilines is 1. The van der Waals surface area contributed by atoms with Gasteiger partial charge in [-0.25, -0.2) is 4.39 Å². The molecule has 4 rings (SSSR count). The molecular weight excluding hydrogens is 303 g/mol. The molecule has 130 valence electrons. The van der Waals surface area contributed by atoms with Crippen LogP contribution < -0.4 is 10.2 Å². The highest BCUT2D eigenvalue weighted by Gasteiger charge is 2.53. The van der Waals surface area contributed by atoms with Gasteiger partial charge in [-0.3, -0.25) is 4.99 Å². The molecule has 2 aliphatic carbocycles. The highest BCUT2D eigenvalue weighted by atomic mass is 19.1. The number of nitrogens with one attached hydrogen (secondary N) is 1. The maximum Gasteiger partial charge on any atom is 0.193 e. The zero-order valence-corrected chi connectivity index (χ0v) is 14.5. The van der Waals surface area contributed by atoms with Gasteiger partial charge >= 0.3 is 0 Å². The molecule has 1 aromatic rings. The molecule has 5 heteroatoms. The second kappa shape index (κ2) is 6.26. The Morgan fingerprint density at radius 3 is 2.50 bits per heavy atom. The number of aliphatic imine (C=N–C) groups is 1. The van der Waals surface area contributed by atoms with E-state index in [-0.39, 0.29) is 5.82 Å². The highest BCUT2D eigenvalue weighted by molar-refractivity contribution is 5.80. The summed E-state index contributed by atoms with van der Waals surface area (Å²) in [5, 5.41) is 3.61. The number of guanidine groups is 1. The lowest BCUT2D eigenvalue weighted by molar-refractivity contribution is 0.358. The number of hydrogen-bond acceptors (Lipinski definition) is 2. The van der Waals surface area contributed by atoms with Crippen LogP contribution in [0, 0.1) is 17.2 Å². The zero-order valence-electron chi connectivity index (χ0n) is 14.5. The van der Waals surface area contributed by atoms with Gasteiger partial charge < -0.3 is 15.1 Å². The van der Waals surface area contributed by atoms with E-state index in [0.717, 1.165) is 44.6 Å². The van der Waals surface area contributed by atoms with Crippen molar-refractivity contribution in [2.45, 2.75) is 25.7 Å². The molecule has 3 fully saturated rings. The van der Waals surface area contributed by atoms with Crippen LogP contribution in [-0.4, -0.2) is 50.6 Å². The summed E-state index contributed by atoms with van der Waals surface area (Å²) in [5.41, 5.74) is 1.29. The van der Waals surface area contributed by atoms with Crippen LogP contribution in [0.15, 0.2) is 29.3 Å². The number of piperazine rings is 1. The Morgan fingerprint density at radius 2 is 1.92 bits per heavy atom. The molecule has 0 aromatic heterocycles. The Hall–Kier alpha value is -1.78. The topological polar surface area (TPSA) is 30.9 Å². The number of benzene rings is 1. The fourth-order valence-corrected chi connectivity index (χ4v) is 4.04. The Balaban J connectivity index is 1.32. The molecule has 1 N–H and O–H groups in total. The van der Waals surface area contributed by atoms with Crippen molar-refractivity contribution >= 4 is 11.6 Å². The van der Waals surface area contributed by atoms with E-state index < -0.39 is 0 Å². The van der Waals surface area contributed by atoms with Gasteiger partial charge in [0.2, 0.25) is 0 Å². The van der Waals surface area contributed by atoms with Crippen LogP contribution in [0.5, 0.6) is 0 Å². The SMILES string of the molecule is CN=C(NCC1(C2CC2)CC1)N1CCN(c2ccccc2F)CC1. The van der Waals surface area contributed by atoms with Crippen LogP contribution in [0.4, 0.5) is 10.1 Å². The van der Waals surface area contributed by atoms with Crippen molar-refractivity contribution in [1.82, 2.24) is 10.2 Å². The Kier molecular flexibility index (Phi) is 4.10. The van der Waals surface area contributed by atoms with Crippen LogP contribution in [0.1, 0.15) is 25.7 Å². The lowest BCUT2D eigenvalue weighted by Crippen LogP contribution is -2.53. The van der Waals surface area contributed by atoms with Gasteiger partial charge in [0.15, 0.2) is 5.96 Å². The zero-order chi connectivity index (χ0) is 16.6. The fraction of sp³-hybridized carbons (Fsp3) is 0.632. The largest absolute Gasteiger partial charge is 0.366 e. The lowest BCUT2D eigenvalue weighted by Gasteiger charge is -2.38. The molecule has 4 nitrogen and oxygen atoms in total. The average Bonchev–Trinajstić information content (AvgIpc) is 3.49. The van der Waals surface area contributed by atoms with Crippen LogP contribution in [0.2, 0.25) is 0 Å². The fourth-order valence-electron chi connectivity index (χ4n) is 4.04. The van der Waals surface area contributed by atoms with Crippen molar-refractivity contribution in [2.75, 3.05) is 44.7 Å². The molecule has 24 heavy (non-hydrogen) atoms. The van der Waals surface area contributed by atoms with Crippen molar-refractivity contribution in [1.29, 1.82) is 0 Å². The number of halogens is 1. The molecule has 0 unspecified atom stereocenters. The third-order valence-corrected chi connectivity index (χ3v) is 5.92. The normalized spacial score (nSPS) is 23.3. The summed E-state index contributed by atoms with van der Waals surface area (Å²) < 4.78 is 13.9. The van der Waals surface area contributed by atoms with Crippen LogP contribution in [-0.2, 0) is 0 Å². The van der Waals surface area contributed by atoms with Gasteiger partial charge in [0.25, 0.3) is 0 Å². The molecule has 1 aliphatic heterocycles. The van der Waals surface area contributed by atoms with Crippen molar-refractivity contribution in [3.05, 3.63) is 30.1 Å². The summed E-state index contributed by atoms with van der Waals surface area (Å²) in [5.74, 6) is 1.84. The van der Waals surface area contributed by atoms with Gasteiger partial charge in [0, 0.05) is 39.8 Å². The first-order valence-electron chi connectivity index (χ1n) is 9.17. The Labute approximate surface area is 143 Å². The molecule has 0 bridgehead atoms. The van der Waals surface area contributed by atoms with E-state index in [1.807, 2.05) is 19.2 Å². The van der Waals surface area contributed by atoms with E-state index in [2.05, 4.69) is 20.1 Å². The molecule has 1 aromatic carbocycles. The van der Waals surface area contributed by atoms with Crippen molar-refractivity contribution in [3.8, 4) is 0 Å². The smallest absolute Gasteiger partial charge is 0.193 e. The van der Waals surface area contributed by atoms with E-state index in [9.17, 15) is 4.39 Å². The highest BCUT2D eigenvalue weighted by Crippen LogP contribution is 2.60. The van der Waals surface area contributed by atoms with Crippen LogP contribution in [0.3, 0.4) is 0 Å². The van der Waals surface area contributed by atoms with E-state index in [1.54, 1.807) is 6.07 Å². The van der Waals surface area contributed by atoms with E-state index >= 15 is 0 Å². The maximum absolute atomic E-state index is 13.9. The first kappa shape index (κ1) is 15.7. The standard InChI is InChI=1S/C19H27FN4/c1-21-18(22-14-19(8-9-19)15-6-7-15)24-12-10-23(11-13-24)17-5-3-2-4-16(17)20/h2-5,15H,6-14H2,1H3,(H,21,22). The van der Waals surface area contributed by atoms with Gasteiger partial charge in [-0.05, 0) is 49.1 Å². The number of rotatable bonds is 4. The second-order valence-corrected chi connectivity index (χ2v) is 7.46. The predicted molar refractivity (Wildman–Crippen MR) is 95.9 cm³/mol. The van der Waals surface area contributed by atoms with Crippen molar-refractivity contribution in [2.24, 2.45) is 16.3 Å². The maximum atomic E-state index is 13.9. The molecule has 2 saturated carbocycles. The number of para-hydroxylation sites is 1. The molecule has 0 spiro atoms. The summed E-state index contributed by atoms with van der Waals surface area (Å²) in [4.78, 5) is 8.91. The summed E-state index contributed by atoms with van der Waals surface area (Å²) in [6, 6.07) is 7.05. The molecule has 0 atom stereocenters. The van der Waals surface area contributed by atoms with E-state index in [1.165, 1.54) is 31.7 Å². The lowest BCUT2D eigenvalue weighted by atomic mass is 10.0. The molecule has 0 radical (unpaired) electrons. The Morgan fingerprint density at radius 1 is 1.21 bits per heavy atom. The molecule has 0 amide bonds. The monoisotopic (exact) mass is 330 g/mol. The Bertz CT molecular complexity index is 614. The molecule has 1 heterocycles. The third-order valence-electron chi connectivity index (χ3n) is 5.92. The van der Waals surface area contributed by atoms with Gasteiger partial charge in [-0.1, -0.05) is 12.1 Å². The summed E-state index contributed by atoms with van der Waals surface area (Å²) in [6.07, 6.45) is 5.59. The minimum atomic E-state index is -0.131. The quantitative estimate of drug-likeness (QED) is 0.680. The van der Waals surface area contributed by atoms with Crippen LogP contribution in [0.25, 0.3) is 0 Å². The first-order chi connectivity index (χ1) is 11.7. The summed E-state index contributed by atoms with van der Waals surface area (Å²) >= 11 is 0. The first-order valence-corrected chi connectivity index (χ1v) is 9.17. The minimum Gasteiger partial charge on any atom is -0.366 e. The van der Waals surface area contributed by atoms with Gasteiger partial charge in [-0.15, -0.1) is 0 Å². The molecule has 3 aliphatic rings. The van der Waals surface area contributed by atoms with Gasteiger partial charge in [-0.2, -0.15) is 0 Å². The van der Waals surface area contributed by atoms with E-state index in [4.69, 9.17) is 0 Å². The summed E-state index contributed by atoms with van der Waals surface area (Å²) in [7, 11) is 1.86. The minimum absolute atomic E-state index is 0.131. The molecular formula is C19H27FN4. The van der Waals surface area contributed by atoms with Gasteiger partial charge in [0.1, 0.15) is 5.82 Å². The van der Waals surface area contributed by atoms with Crippen molar-refractivity contribution < 1.29 is 4.39 Å². The van der Waals surface area contributed by atoms with Gasteiger partial charge in [0.05, 0.1) is 5.69 Å². The third kappa shape index (κ3) is 3.08. The number of nitrogens with zero attached hydrogens (tertiary/aromatic N) is 3. The summed E-state index contributed by atoms with van der Waals surface area (Å²) in [6.45, 7) is 4.48. The molecule has 1 saturated heterocycles. The second-order valence-electron chi connectivity index (χ2n) is 7.46. The average molecular weight is 330 g/mol. The van der Waals surface area contributed by atoms with E-state index in [0.29, 0.717) is 11.1 Å². The van der Waals surface area contributed by atoms with Crippen molar-refractivity contribution in [3.63, 3.8) is 0 Å².